The highest BCUT2D eigenvalue weighted by atomic mass is 28.2. The Morgan fingerprint density at radius 1 is 1.40 bits per heavy atom. The number of rotatable bonds is 2. The summed E-state index contributed by atoms with van der Waals surface area (Å²) in [5.74, 6) is 0. The summed E-state index contributed by atoms with van der Waals surface area (Å²) in [5, 5.41) is 0. The molecule has 0 aromatic rings. The van der Waals surface area contributed by atoms with E-state index in [9.17, 15) is 0 Å². The van der Waals surface area contributed by atoms with E-state index in [1.54, 1.807) is 0 Å². The van der Waals surface area contributed by atoms with Crippen LogP contribution in [0.3, 0.4) is 0 Å². The standard InChI is InChI=1S/C4H12OSi.C3H9N/c1-3-4(2)5-6;1-4(2)3/h4H,3H2,1-2,6H3;1-3H3. The largest absolute Gasteiger partial charge is 0.425 e. The molecule has 0 aliphatic rings. The van der Waals surface area contributed by atoms with Gasteiger partial charge in [0.25, 0.3) is 0 Å². The summed E-state index contributed by atoms with van der Waals surface area (Å²) in [6.07, 6.45) is 1.64. The van der Waals surface area contributed by atoms with Gasteiger partial charge in [0, 0.05) is 6.10 Å². The lowest BCUT2D eigenvalue weighted by Gasteiger charge is -2.02. The van der Waals surface area contributed by atoms with E-state index in [2.05, 4.69) is 13.8 Å². The van der Waals surface area contributed by atoms with Crippen LogP contribution < -0.4 is 0 Å². The predicted octanol–water partition coefficient (Wildman–Crippen LogP) is 0.260. The van der Waals surface area contributed by atoms with Gasteiger partial charge in [-0.15, -0.1) is 0 Å². The van der Waals surface area contributed by atoms with Gasteiger partial charge in [0.15, 0.2) is 0 Å². The molecular formula is C7H21NOSi. The van der Waals surface area contributed by atoms with Gasteiger partial charge in [-0.25, -0.2) is 0 Å². The highest BCUT2D eigenvalue weighted by Crippen LogP contribution is 1.89. The van der Waals surface area contributed by atoms with Gasteiger partial charge in [0.1, 0.15) is 10.5 Å². The lowest BCUT2D eigenvalue weighted by molar-refractivity contribution is 0.239. The van der Waals surface area contributed by atoms with Crippen molar-refractivity contribution in [2.45, 2.75) is 26.4 Å². The van der Waals surface area contributed by atoms with E-state index >= 15 is 0 Å². The van der Waals surface area contributed by atoms with Crippen molar-refractivity contribution in [1.29, 1.82) is 0 Å². The van der Waals surface area contributed by atoms with Crippen molar-refractivity contribution < 1.29 is 4.43 Å². The van der Waals surface area contributed by atoms with Crippen LogP contribution in [-0.4, -0.2) is 42.6 Å². The third-order valence-corrected chi connectivity index (χ3v) is 1.78. The smallest absolute Gasteiger partial charge is 0.146 e. The second-order valence-electron chi connectivity index (χ2n) is 2.80. The van der Waals surface area contributed by atoms with E-state index in [-0.39, 0.29) is 0 Å². The highest BCUT2D eigenvalue weighted by molar-refractivity contribution is 5.98. The van der Waals surface area contributed by atoms with Crippen LogP contribution in [0.25, 0.3) is 0 Å². The molecule has 0 saturated heterocycles. The molecule has 0 aromatic carbocycles. The fourth-order valence-corrected chi connectivity index (χ4v) is 0.500. The molecule has 2 nitrogen and oxygen atoms in total. The maximum absolute atomic E-state index is 5.04. The predicted molar refractivity (Wildman–Crippen MR) is 50.4 cm³/mol. The van der Waals surface area contributed by atoms with E-state index in [0.29, 0.717) is 6.10 Å². The van der Waals surface area contributed by atoms with Crippen molar-refractivity contribution in [2.24, 2.45) is 0 Å². The summed E-state index contributed by atoms with van der Waals surface area (Å²) in [6, 6.07) is 0. The zero-order chi connectivity index (χ0) is 8.57. The molecule has 0 bridgehead atoms. The molecule has 0 spiro atoms. The minimum absolute atomic E-state index is 0.497. The zero-order valence-corrected chi connectivity index (χ0v) is 10.1. The molecule has 0 N–H and O–H groups in total. The minimum Gasteiger partial charge on any atom is -0.425 e. The Labute approximate surface area is 68.1 Å². The van der Waals surface area contributed by atoms with E-state index in [1.165, 1.54) is 0 Å². The van der Waals surface area contributed by atoms with Crippen LogP contribution in [0, 0.1) is 0 Å². The van der Waals surface area contributed by atoms with Crippen LogP contribution >= 0.6 is 0 Å². The van der Waals surface area contributed by atoms with E-state index in [1.807, 2.05) is 26.0 Å². The van der Waals surface area contributed by atoms with Gasteiger partial charge >= 0.3 is 0 Å². The van der Waals surface area contributed by atoms with Crippen molar-refractivity contribution in [1.82, 2.24) is 4.90 Å². The number of hydrogen-bond acceptors (Lipinski definition) is 2. The highest BCUT2D eigenvalue weighted by Gasteiger charge is 1.87. The van der Waals surface area contributed by atoms with Crippen LogP contribution in [0.2, 0.25) is 0 Å². The third kappa shape index (κ3) is 24.2. The van der Waals surface area contributed by atoms with Crippen LogP contribution in [0.1, 0.15) is 20.3 Å². The SMILES string of the molecule is CCC(C)O[SiH3].CN(C)C. The molecule has 0 aliphatic carbocycles. The fourth-order valence-electron chi connectivity index (χ4n) is 0.167. The normalized spacial score (nSPS) is 12.6. The van der Waals surface area contributed by atoms with E-state index in [4.69, 9.17) is 4.43 Å². The van der Waals surface area contributed by atoms with Crippen LogP contribution in [0.4, 0.5) is 0 Å². The van der Waals surface area contributed by atoms with Crippen molar-refractivity contribution in [3.63, 3.8) is 0 Å². The van der Waals surface area contributed by atoms with Crippen molar-refractivity contribution in [2.75, 3.05) is 21.1 Å². The molecule has 0 amide bonds. The quantitative estimate of drug-likeness (QED) is 0.542. The second kappa shape index (κ2) is 9.14. The second-order valence-corrected chi connectivity index (χ2v) is 3.27. The number of hydrogen-bond donors (Lipinski definition) is 0. The molecule has 1 atom stereocenters. The molecule has 1 unspecified atom stereocenters. The first-order valence-electron chi connectivity index (χ1n) is 3.68. The average molecular weight is 163 g/mol. The average Bonchev–Trinajstić information content (AvgIpc) is 1.85. The summed E-state index contributed by atoms with van der Waals surface area (Å²) in [4.78, 5) is 2.00. The van der Waals surface area contributed by atoms with Crippen molar-refractivity contribution in [3.8, 4) is 0 Å². The molecule has 0 aliphatic heterocycles. The summed E-state index contributed by atoms with van der Waals surface area (Å²) >= 11 is 0. The first-order valence-corrected chi connectivity index (χ1v) is 4.49. The van der Waals surface area contributed by atoms with Crippen molar-refractivity contribution in [3.05, 3.63) is 0 Å². The molecular weight excluding hydrogens is 142 g/mol. The molecule has 0 rings (SSSR count). The summed E-state index contributed by atoms with van der Waals surface area (Å²) in [7, 11) is 6.88. The van der Waals surface area contributed by atoms with Gasteiger partial charge in [-0.05, 0) is 34.5 Å². The van der Waals surface area contributed by atoms with Crippen LogP contribution in [0.5, 0.6) is 0 Å². The van der Waals surface area contributed by atoms with E-state index in [0.717, 1.165) is 16.9 Å². The molecule has 0 saturated carbocycles. The third-order valence-electron chi connectivity index (χ3n) is 0.977. The Bertz CT molecular complexity index is 52.8. The Balaban J connectivity index is 0. The monoisotopic (exact) mass is 163 g/mol. The topological polar surface area (TPSA) is 12.5 Å². The van der Waals surface area contributed by atoms with Gasteiger partial charge in [0.2, 0.25) is 0 Å². The fraction of sp³-hybridized carbons (Fsp3) is 1.00. The van der Waals surface area contributed by atoms with Gasteiger partial charge in [-0.2, -0.15) is 0 Å². The van der Waals surface area contributed by atoms with Crippen LogP contribution in [-0.2, 0) is 4.43 Å². The Morgan fingerprint density at radius 2 is 1.70 bits per heavy atom. The van der Waals surface area contributed by atoms with Gasteiger partial charge in [-0.3, -0.25) is 0 Å². The molecule has 0 heterocycles. The maximum Gasteiger partial charge on any atom is 0.146 e. The van der Waals surface area contributed by atoms with Crippen molar-refractivity contribution >= 4 is 10.5 Å². The maximum atomic E-state index is 5.04. The van der Waals surface area contributed by atoms with Gasteiger partial charge in [-0.1, -0.05) is 6.92 Å². The zero-order valence-electron chi connectivity index (χ0n) is 8.14. The number of nitrogens with zero attached hydrogens (tertiary/aromatic N) is 1. The molecule has 64 valence electrons. The molecule has 0 fully saturated rings. The first kappa shape index (κ1) is 12.8. The first-order chi connectivity index (χ1) is 4.54. The molecule has 3 heteroatoms. The summed E-state index contributed by atoms with van der Waals surface area (Å²) in [5.41, 5.74) is 0. The molecule has 10 heavy (non-hydrogen) atoms. The lowest BCUT2D eigenvalue weighted by atomic mass is 10.3. The lowest BCUT2D eigenvalue weighted by Crippen LogP contribution is -2.01. The Morgan fingerprint density at radius 3 is 1.70 bits per heavy atom. The summed E-state index contributed by atoms with van der Waals surface area (Å²) in [6.45, 7) is 4.22. The summed E-state index contributed by atoms with van der Waals surface area (Å²) < 4.78 is 5.04. The minimum atomic E-state index is 0.497. The van der Waals surface area contributed by atoms with Crippen LogP contribution in [0.15, 0.2) is 0 Å². The van der Waals surface area contributed by atoms with E-state index < -0.39 is 0 Å². The van der Waals surface area contributed by atoms with Gasteiger partial charge in [0.05, 0.1) is 0 Å². The van der Waals surface area contributed by atoms with Gasteiger partial charge < -0.3 is 9.33 Å². The molecule has 0 radical (unpaired) electrons. The Kier molecular flexibility index (Phi) is 11.7. The molecule has 0 aromatic heterocycles. The Hall–Kier alpha value is 0.137.